The van der Waals surface area contributed by atoms with Crippen molar-refractivity contribution in [2.45, 2.75) is 12.5 Å². The van der Waals surface area contributed by atoms with E-state index in [0.29, 0.717) is 5.02 Å². The molecule has 0 bridgehead atoms. The molecule has 2 atom stereocenters. The maximum atomic E-state index is 11.2. The predicted octanol–water partition coefficient (Wildman–Crippen LogP) is 1.60. The van der Waals surface area contributed by atoms with E-state index in [9.17, 15) is 9.59 Å². The Kier molecular flexibility index (Phi) is 2.83. The second-order valence-corrected chi connectivity index (χ2v) is 4.19. The van der Waals surface area contributed by atoms with Crippen molar-refractivity contribution in [3.8, 4) is 0 Å². The summed E-state index contributed by atoms with van der Waals surface area (Å²) in [7, 11) is 0. The smallest absolute Gasteiger partial charge is 0.309 e. The molecule has 5 heteroatoms. The zero-order chi connectivity index (χ0) is 11.7. The third kappa shape index (κ3) is 2.02. The van der Waals surface area contributed by atoms with Crippen LogP contribution in [0.3, 0.4) is 0 Å². The molecule has 0 spiro atoms. The van der Waals surface area contributed by atoms with Crippen molar-refractivity contribution in [1.82, 2.24) is 5.32 Å². The van der Waals surface area contributed by atoms with Crippen LogP contribution in [0.5, 0.6) is 0 Å². The fourth-order valence-corrected chi connectivity index (χ4v) is 2.09. The Morgan fingerprint density at radius 1 is 1.50 bits per heavy atom. The molecule has 0 radical (unpaired) electrons. The van der Waals surface area contributed by atoms with Crippen LogP contribution in [0.4, 0.5) is 0 Å². The normalized spacial score (nSPS) is 24.2. The zero-order valence-electron chi connectivity index (χ0n) is 8.31. The molecule has 1 fully saturated rings. The van der Waals surface area contributed by atoms with Crippen molar-refractivity contribution in [1.29, 1.82) is 0 Å². The van der Waals surface area contributed by atoms with Gasteiger partial charge in [0.2, 0.25) is 5.91 Å². The summed E-state index contributed by atoms with van der Waals surface area (Å²) in [6, 6.07) is 6.40. The van der Waals surface area contributed by atoms with Gasteiger partial charge in [-0.1, -0.05) is 23.7 Å². The van der Waals surface area contributed by atoms with Gasteiger partial charge < -0.3 is 10.4 Å². The highest BCUT2D eigenvalue weighted by Crippen LogP contribution is 2.31. The number of hydrogen-bond acceptors (Lipinski definition) is 2. The van der Waals surface area contributed by atoms with Gasteiger partial charge in [0.05, 0.1) is 12.0 Å². The van der Waals surface area contributed by atoms with E-state index in [1.807, 2.05) is 0 Å². The number of benzene rings is 1. The van der Waals surface area contributed by atoms with E-state index in [1.54, 1.807) is 24.3 Å². The molecular weight excluding hydrogens is 230 g/mol. The summed E-state index contributed by atoms with van der Waals surface area (Å²) in [6.45, 7) is 0. The molecule has 84 valence electrons. The van der Waals surface area contributed by atoms with Crippen LogP contribution in [0.2, 0.25) is 5.02 Å². The molecule has 1 aliphatic heterocycles. The quantitative estimate of drug-likeness (QED) is 0.824. The first-order chi connectivity index (χ1) is 7.58. The van der Waals surface area contributed by atoms with Crippen LogP contribution in [0, 0.1) is 5.92 Å². The van der Waals surface area contributed by atoms with Gasteiger partial charge in [-0.25, -0.2) is 0 Å². The first-order valence-electron chi connectivity index (χ1n) is 4.85. The summed E-state index contributed by atoms with van der Waals surface area (Å²) >= 11 is 5.83. The topological polar surface area (TPSA) is 66.4 Å². The molecule has 1 amide bonds. The maximum absolute atomic E-state index is 11.2. The summed E-state index contributed by atoms with van der Waals surface area (Å²) in [5.41, 5.74) is 0.728. The standard InChI is InChI=1S/C11H10ClNO3/c12-7-3-1-2-6(4-7)10-8(11(15)16)5-9(14)13-10/h1-4,8,10H,5H2,(H,13,14)(H,15,16)/t8-,10+/m1/s1. The van der Waals surface area contributed by atoms with Crippen molar-refractivity contribution >= 4 is 23.5 Å². The lowest BCUT2D eigenvalue weighted by Crippen LogP contribution is -2.24. The molecule has 0 aromatic heterocycles. The Hall–Kier alpha value is -1.55. The van der Waals surface area contributed by atoms with E-state index >= 15 is 0 Å². The lowest BCUT2D eigenvalue weighted by Gasteiger charge is -2.15. The summed E-state index contributed by atoms with van der Waals surface area (Å²) in [5.74, 6) is -1.92. The van der Waals surface area contributed by atoms with Gasteiger partial charge in [-0.2, -0.15) is 0 Å². The van der Waals surface area contributed by atoms with Crippen molar-refractivity contribution in [2.24, 2.45) is 5.92 Å². The van der Waals surface area contributed by atoms with Crippen LogP contribution in [-0.4, -0.2) is 17.0 Å². The Balaban J connectivity index is 2.32. The summed E-state index contributed by atoms with van der Waals surface area (Å²) < 4.78 is 0. The van der Waals surface area contributed by atoms with E-state index in [2.05, 4.69) is 5.32 Å². The minimum absolute atomic E-state index is 0.0204. The minimum Gasteiger partial charge on any atom is -0.481 e. The maximum Gasteiger partial charge on any atom is 0.309 e. The van der Waals surface area contributed by atoms with Gasteiger partial charge in [0.15, 0.2) is 0 Å². The molecule has 2 rings (SSSR count). The fraction of sp³-hybridized carbons (Fsp3) is 0.273. The van der Waals surface area contributed by atoms with Crippen LogP contribution >= 0.6 is 11.6 Å². The Morgan fingerprint density at radius 2 is 2.25 bits per heavy atom. The summed E-state index contributed by atoms with van der Waals surface area (Å²) in [4.78, 5) is 22.2. The van der Waals surface area contributed by atoms with Gasteiger partial charge in [0, 0.05) is 11.4 Å². The van der Waals surface area contributed by atoms with Crippen LogP contribution < -0.4 is 5.32 Å². The zero-order valence-corrected chi connectivity index (χ0v) is 9.07. The number of carboxylic acid groups (broad SMARTS) is 1. The molecule has 0 unspecified atom stereocenters. The van der Waals surface area contributed by atoms with E-state index < -0.39 is 17.9 Å². The molecule has 1 aromatic carbocycles. The van der Waals surface area contributed by atoms with Crippen LogP contribution in [-0.2, 0) is 9.59 Å². The number of aliphatic carboxylic acids is 1. The first-order valence-corrected chi connectivity index (χ1v) is 5.23. The van der Waals surface area contributed by atoms with E-state index in [-0.39, 0.29) is 12.3 Å². The SMILES string of the molecule is O=C1C[C@@H](C(=O)O)[C@H](c2cccc(Cl)c2)N1. The lowest BCUT2D eigenvalue weighted by atomic mass is 9.94. The second-order valence-electron chi connectivity index (χ2n) is 3.75. The Bertz CT molecular complexity index is 447. The molecule has 0 saturated carbocycles. The molecule has 4 nitrogen and oxygen atoms in total. The number of nitrogens with one attached hydrogen (secondary N) is 1. The third-order valence-electron chi connectivity index (χ3n) is 2.65. The van der Waals surface area contributed by atoms with Gasteiger partial charge >= 0.3 is 5.97 Å². The number of carbonyl (C=O) groups excluding carboxylic acids is 1. The van der Waals surface area contributed by atoms with Gasteiger partial charge in [0.25, 0.3) is 0 Å². The fourth-order valence-electron chi connectivity index (χ4n) is 1.90. The third-order valence-corrected chi connectivity index (χ3v) is 2.88. The van der Waals surface area contributed by atoms with E-state index in [1.165, 1.54) is 0 Å². The highest BCUT2D eigenvalue weighted by Gasteiger charge is 2.38. The molecular formula is C11H10ClNO3. The number of carboxylic acids is 1. The van der Waals surface area contributed by atoms with E-state index in [0.717, 1.165) is 5.56 Å². The second kappa shape index (κ2) is 4.14. The van der Waals surface area contributed by atoms with Crippen LogP contribution in [0.25, 0.3) is 0 Å². The molecule has 1 saturated heterocycles. The number of halogens is 1. The first kappa shape index (κ1) is 11.0. The summed E-state index contributed by atoms with van der Waals surface area (Å²) in [6.07, 6.45) is 0.0204. The van der Waals surface area contributed by atoms with Gasteiger partial charge in [-0.05, 0) is 17.7 Å². The Morgan fingerprint density at radius 3 is 2.88 bits per heavy atom. The molecule has 1 heterocycles. The number of rotatable bonds is 2. The average molecular weight is 240 g/mol. The van der Waals surface area contributed by atoms with Crippen molar-refractivity contribution in [3.63, 3.8) is 0 Å². The largest absolute Gasteiger partial charge is 0.481 e. The lowest BCUT2D eigenvalue weighted by molar-refractivity contribution is -0.142. The van der Waals surface area contributed by atoms with Gasteiger partial charge in [0.1, 0.15) is 0 Å². The Labute approximate surface area is 97.2 Å². The van der Waals surface area contributed by atoms with Gasteiger partial charge in [-0.15, -0.1) is 0 Å². The number of hydrogen-bond donors (Lipinski definition) is 2. The molecule has 1 aliphatic rings. The van der Waals surface area contributed by atoms with Gasteiger partial charge in [-0.3, -0.25) is 9.59 Å². The highest BCUT2D eigenvalue weighted by atomic mass is 35.5. The number of carbonyl (C=O) groups is 2. The van der Waals surface area contributed by atoms with Crippen LogP contribution in [0.1, 0.15) is 18.0 Å². The highest BCUT2D eigenvalue weighted by molar-refractivity contribution is 6.30. The monoisotopic (exact) mass is 239 g/mol. The van der Waals surface area contributed by atoms with Crippen LogP contribution in [0.15, 0.2) is 24.3 Å². The summed E-state index contributed by atoms with van der Waals surface area (Å²) in [5, 5.41) is 12.2. The van der Waals surface area contributed by atoms with E-state index in [4.69, 9.17) is 16.7 Å². The molecule has 0 aliphatic carbocycles. The predicted molar refractivity (Wildman–Crippen MR) is 58.1 cm³/mol. The molecule has 1 aromatic rings. The van der Waals surface area contributed by atoms with Crippen molar-refractivity contribution in [2.75, 3.05) is 0 Å². The molecule has 16 heavy (non-hydrogen) atoms. The number of amides is 1. The molecule has 2 N–H and O–H groups in total. The van der Waals surface area contributed by atoms with Crippen molar-refractivity contribution < 1.29 is 14.7 Å². The average Bonchev–Trinajstić information content (AvgIpc) is 2.60. The van der Waals surface area contributed by atoms with Crippen molar-refractivity contribution in [3.05, 3.63) is 34.9 Å². The minimum atomic E-state index is -0.969.